The summed E-state index contributed by atoms with van der Waals surface area (Å²) in [7, 11) is 0. The van der Waals surface area contributed by atoms with Crippen molar-refractivity contribution in [2.75, 3.05) is 13.1 Å². The Hall–Kier alpha value is -3.64. The van der Waals surface area contributed by atoms with E-state index in [9.17, 15) is 9.59 Å². The Morgan fingerprint density at radius 1 is 0.971 bits per heavy atom. The van der Waals surface area contributed by atoms with Crippen molar-refractivity contribution in [3.63, 3.8) is 0 Å². The minimum atomic E-state index is -0.520. The molecule has 3 aromatic carbocycles. The quantitative estimate of drug-likeness (QED) is 0.486. The van der Waals surface area contributed by atoms with Crippen molar-refractivity contribution in [3.8, 4) is 5.75 Å². The highest BCUT2D eigenvalue weighted by molar-refractivity contribution is 5.95. The van der Waals surface area contributed by atoms with Gasteiger partial charge in [0.05, 0.1) is 0 Å². The topological polar surface area (TPSA) is 84.7 Å². The zero-order valence-corrected chi connectivity index (χ0v) is 19.3. The maximum atomic E-state index is 13.3. The number of carbonyl (C=O) groups excluding carboxylic acids is 2. The smallest absolute Gasteiger partial charge is 0.249 e. The summed E-state index contributed by atoms with van der Waals surface area (Å²) in [5.74, 6) is 0.140. The molecular weight excluding hydrogens is 426 g/mol. The van der Waals surface area contributed by atoms with E-state index >= 15 is 0 Å². The van der Waals surface area contributed by atoms with Gasteiger partial charge < -0.3 is 20.7 Å². The van der Waals surface area contributed by atoms with Crippen LogP contribution in [0.15, 0.2) is 78.9 Å². The van der Waals surface area contributed by atoms with Crippen molar-refractivity contribution in [2.45, 2.75) is 38.5 Å². The fourth-order valence-electron chi connectivity index (χ4n) is 4.33. The number of hydrogen-bond acceptors (Lipinski definition) is 4. The molecule has 176 valence electrons. The summed E-state index contributed by atoms with van der Waals surface area (Å²) in [5, 5.41) is 3.35. The Kier molecular flexibility index (Phi) is 7.94. The Morgan fingerprint density at radius 2 is 1.68 bits per heavy atom. The Morgan fingerprint density at radius 3 is 2.32 bits per heavy atom. The predicted molar refractivity (Wildman–Crippen MR) is 132 cm³/mol. The van der Waals surface area contributed by atoms with Gasteiger partial charge in [-0.3, -0.25) is 9.59 Å². The first kappa shape index (κ1) is 23.5. The van der Waals surface area contributed by atoms with Crippen LogP contribution in [-0.2, 0) is 24.4 Å². The van der Waals surface area contributed by atoms with Gasteiger partial charge in [-0.1, -0.05) is 66.7 Å². The zero-order valence-electron chi connectivity index (χ0n) is 19.3. The van der Waals surface area contributed by atoms with E-state index in [1.54, 1.807) is 6.07 Å². The number of primary amides is 1. The highest BCUT2D eigenvalue weighted by atomic mass is 16.5. The van der Waals surface area contributed by atoms with Crippen molar-refractivity contribution >= 4 is 11.8 Å². The van der Waals surface area contributed by atoms with Crippen LogP contribution in [-0.4, -0.2) is 35.8 Å². The largest absolute Gasteiger partial charge is 0.489 e. The normalized spacial score (nSPS) is 15.1. The number of nitrogens with one attached hydrogen (secondary N) is 1. The van der Waals surface area contributed by atoms with Crippen LogP contribution in [0, 0.1) is 0 Å². The summed E-state index contributed by atoms with van der Waals surface area (Å²) in [6, 6.07) is 25.4. The Labute approximate surface area is 200 Å². The van der Waals surface area contributed by atoms with Crippen LogP contribution in [0.1, 0.15) is 39.9 Å². The van der Waals surface area contributed by atoms with Crippen LogP contribution < -0.4 is 15.8 Å². The molecule has 0 aliphatic carbocycles. The van der Waals surface area contributed by atoms with E-state index in [1.807, 2.05) is 77.7 Å². The number of ether oxygens (including phenoxy) is 1. The van der Waals surface area contributed by atoms with E-state index in [1.165, 1.54) is 0 Å². The number of rotatable bonds is 10. The predicted octanol–water partition coefficient (Wildman–Crippen LogP) is 3.69. The average molecular weight is 458 g/mol. The lowest BCUT2D eigenvalue weighted by atomic mass is 10.0. The molecule has 1 unspecified atom stereocenters. The first-order valence-corrected chi connectivity index (χ1v) is 11.7. The summed E-state index contributed by atoms with van der Waals surface area (Å²) < 4.78 is 5.85. The molecule has 0 spiro atoms. The Balaban J connectivity index is 1.43. The number of nitrogens with zero attached hydrogens (tertiary/aromatic N) is 1. The molecule has 0 radical (unpaired) electrons. The molecule has 1 atom stereocenters. The monoisotopic (exact) mass is 457 g/mol. The second kappa shape index (κ2) is 11.5. The summed E-state index contributed by atoms with van der Waals surface area (Å²) in [5.41, 5.74) is 8.97. The Bertz CT molecular complexity index is 1100. The van der Waals surface area contributed by atoms with Gasteiger partial charge in [0.2, 0.25) is 11.8 Å². The molecule has 1 aliphatic heterocycles. The van der Waals surface area contributed by atoms with Gasteiger partial charge in [0.15, 0.2) is 0 Å². The summed E-state index contributed by atoms with van der Waals surface area (Å²) in [6.07, 6.45) is 1.70. The van der Waals surface area contributed by atoms with E-state index in [0.717, 1.165) is 36.2 Å². The standard InChI is InChI=1S/C28H31N3O3/c29-28(33)26-17-25(34-20-22-9-5-2-6-10-22)13-11-23(26)12-14-27(32)31(24-15-16-30-18-24)19-21-7-3-1-4-8-21/h1-11,13,17,24,30H,12,14-16,18-20H2,(H2,29,33). The maximum Gasteiger partial charge on any atom is 0.249 e. The number of aryl methyl sites for hydroxylation is 1. The van der Waals surface area contributed by atoms with Gasteiger partial charge in [-0.05, 0) is 48.2 Å². The van der Waals surface area contributed by atoms with Gasteiger partial charge in [-0.15, -0.1) is 0 Å². The molecule has 1 heterocycles. The zero-order chi connectivity index (χ0) is 23.8. The molecule has 3 aromatic rings. The number of nitrogens with two attached hydrogens (primary N) is 1. The van der Waals surface area contributed by atoms with E-state index < -0.39 is 5.91 Å². The third-order valence-corrected chi connectivity index (χ3v) is 6.19. The fourth-order valence-corrected chi connectivity index (χ4v) is 4.33. The molecule has 0 saturated carbocycles. The highest BCUT2D eigenvalue weighted by Crippen LogP contribution is 2.22. The van der Waals surface area contributed by atoms with Gasteiger partial charge >= 0.3 is 0 Å². The molecule has 0 aromatic heterocycles. The first-order valence-electron chi connectivity index (χ1n) is 11.7. The van der Waals surface area contributed by atoms with Crippen LogP contribution >= 0.6 is 0 Å². The lowest BCUT2D eigenvalue weighted by Gasteiger charge is -2.29. The minimum absolute atomic E-state index is 0.0809. The van der Waals surface area contributed by atoms with Crippen LogP contribution in [0.2, 0.25) is 0 Å². The number of amides is 2. The van der Waals surface area contributed by atoms with Crippen molar-refractivity contribution in [2.24, 2.45) is 5.73 Å². The van der Waals surface area contributed by atoms with Crippen LogP contribution in [0.25, 0.3) is 0 Å². The number of hydrogen-bond donors (Lipinski definition) is 2. The molecular formula is C28H31N3O3. The van der Waals surface area contributed by atoms with E-state index in [-0.39, 0.29) is 11.9 Å². The number of benzene rings is 3. The fraction of sp³-hybridized carbons (Fsp3) is 0.286. The molecule has 4 rings (SSSR count). The summed E-state index contributed by atoms with van der Waals surface area (Å²) in [4.78, 5) is 27.4. The van der Waals surface area contributed by atoms with Crippen molar-refractivity contribution in [1.29, 1.82) is 0 Å². The molecule has 2 amide bonds. The average Bonchev–Trinajstić information content (AvgIpc) is 3.40. The second-order valence-corrected chi connectivity index (χ2v) is 8.61. The first-order chi connectivity index (χ1) is 16.6. The van der Waals surface area contributed by atoms with Crippen molar-refractivity contribution in [3.05, 3.63) is 101 Å². The molecule has 1 fully saturated rings. The van der Waals surface area contributed by atoms with E-state index in [4.69, 9.17) is 10.5 Å². The van der Waals surface area contributed by atoms with Crippen LogP contribution in [0.4, 0.5) is 0 Å². The minimum Gasteiger partial charge on any atom is -0.489 e. The maximum absolute atomic E-state index is 13.3. The third-order valence-electron chi connectivity index (χ3n) is 6.19. The van der Waals surface area contributed by atoms with Gasteiger partial charge in [0.1, 0.15) is 12.4 Å². The van der Waals surface area contributed by atoms with Gasteiger partial charge in [-0.2, -0.15) is 0 Å². The molecule has 0 bridgehead atoms. The van der Waals surface area contributed by atoms with Crippen LogP contribution in [0.5, 0.6) is 5.75 Å². The summed E-state index contributed by atoms with van der Waals surface area (Å²) in [6.45, 7) is 2.71. The lowest BCUT2D eigenvalue weighted by Crippen LogP contribution is -2.41. The molecule has 6 heteroatoms. The van der Waals surface area contributed by atoms with Crippen molar-refractivity contribution in [1.82, 2.24) is 10.2 Å². The second-order valence-electron chi connectivity index (χ2n) is 8.61. The number of carbonyl (C=O) groups is 2. The van der Waals surface area contributed by atoms with E-state index in [2.05, 4.69) is 5.32 Å². The molecule has 34 heavy (non-hydrogen) atoms. The van der Waals surface area contributed by atoms with E-state index in [0.29, 0.717) is 37.3 Å². The summed E-state index contributed by atoms with van der Waals surface area (Å²) >= 11 is 0. The molecule has 1 aliphatic rings. The third kappa shape index (κ3) is 6.23. The van der Waals surface area contributed by atoms with Gasteiger partial charge in [-0.25, -0.2) is 0 Å². The van der Waals surface area contributed by atoms with Gasteiger partial charge in [0, 0.05) is 31.1 Å². The molecule has 3 N–H and O–H groups in total. The van der Waals surface area contributed by atoms with Crippen LogP contribution in [0.3, 0.4) is 0 Å². The SMILES string of the molecule is NC(=O)c1cc(OCc2ccccc2)ccc1CCC(=O)N(Cc1ccccc1)C1CCNC1. The molecule has 6 nitrogen and oxygen atoms in total. The molecule has 1 saturated heterocycles. The lowest BCUT2D eigenvalue weighted by molar-refractivity contribution is -0.133. The van der Waals surface area contributed by atoms with Crippen molar-refractivity contribution < 1.29 is 14.3 Å². The van der Waals surface area contributed by atoms with Gasteiger partial charge in [0.25, 0.3) is 0 Å². The highest BCUT2D eigenvalue weighted by Gasteiger charge is 2.26.